The number of aliphatic hydroxyl groups excluding tert-OH is 1. The average molecular weight is 667 g/mol. The van der Waals surface area contributed by atoms with Gasteiger partial charge in [-0.25, -0.2) is 12.7 Å². The van der Waals surface area contributed by atoms with Crippen LogP contribution in [0.3, 0.4) is 0 Å². The van der Waals surface area contributed by atoms with E-state index in [2.05, 4.69) is 11.0 Å². The van der Waals surface area contributed by atoms with Crippen molar-refractivity contribution >= 4 is 39.1 Å². The first-order chi connectivity index (χ1) is 21.1. The number of morpholine rings is 1. The molecule has 2 heterocycles. The molecule has 8 nitrogen and oxygen atoms in total. The highest BCUT2D eigenvalue weighted by molar-refractivity contribution is 7.90. The lowest BCUT2D eigenvalue weighted by Gasteiger charge is -2.54. The molecule has 11 heteroatoms. The molecular weight excluding hydrogens is 621 g/mol. The van der Waals surface area contributed by atoms with Gasteiger partial charge in [0, 0.05) is 55.3 Å². The van der Waals surface area contributed by atoms with E-state index in [1.807, 2.05) is 54.3 Å². The zero-order valence-electron chi connectivity index (χ0n) is 25.7. The van der Waals surface area contributed by atoms with Gasteiger partial charge in [0.15, 0.2) is 0 Å². The smallest absolute Gasteiger partial charge is 0.229 e. The number of hydrogen-bond donors (Lipinski definition) is 1. The molecule has 5 rings (SSSR count). The highest BCUT2D eigenvalue weighted by Gasteiger charge is 2.54. The molecule has 2 aliphatic heterocycles. The number of hydrogen-bond acceptors (Lipinski definition) is 6. The fourth-order valence-corrected chi connectivity index (χ4v) is 9.03. The highest BCUT2D eigenvalue weighted by Crippen LogP contribution is 2.54. The molecule has 2 aromatic rings. The maximum atomic E-state index is 15.1. The second kappa shape index (κ2) is 14.4. The zero-order valence-corrected chi connectivity index (χ0v) is 28.0. The fraction of sp³-hybridized carbons (Fsp3) is 0.606. The third-order valence-corrected chi connectivity index (χ3v) is 12.6. The van der Waals surface area contributed by atoms with Crippen LogP contribution >= 0.6 is 23.2 Å². The van der Waals surface area contributed by atoms with Crippen LogP contribution in [0.15, 0.2) is 48.5 Å². The molecular formula is C33H45Cl2N3O5S. The summed E-state index contributed by atoms with van der Waals surface area (Å²) in [6.07, 6.45) is 3.37. The van der Waals surface area contributed by atoms with Crippen LogP contribution in [0, 0.1) is 5.41 Å². The van der Waals surface area contributed by atoms with Crippen LogP contribution in [-0.2, 0) is 19.6 Å². The summed E-state index contributed by atoms with van der Waals surface area (Å²) >= 11 is 12.9. The molecule has 1 aliphatic carbocycles. The van der Waals surface area contributed by atoms with E-state index in [0.717, 1.165) is 24.2 Å². The van der Waals surface area contributed by atoms with Gasteiger partial charge in [-0.2, -0.15) is 0 Å². The van der Waals surface area contributed by atoms with E-state index in [-0.39, 0.29) is 42.3 Å². The third kappa shape index (κ3) is 7.30. The van der Waals surface area contributed by atoms with Crippen molar-refractivity contribution < 1.29 is 23.1 Å². The molecule has 1 unspecified atom stereocenters. The number of ether oxygens (including phenoxy) is 1. The number of benzene rings is 2. The second-order valence-electron chi connectivity index (χ2n) is 12.6. The van der Waals surface area contributed by atoms with E-state index in [4.69, 9.17) is 27.9 Å². The first kappa shape index (κ1) is 33.6. The summed E-state index contributed by atoms with van der Waals surface area (Å²) in [5.41, 5.74) is 1.10. The Morgan fingerprint density at radius 2 is 1.75 bits per heavy atom. The first-order valence-corrected chi connectivity index (χ1v) is 18.1. The van der Waals surface area contributed by atoms with Gasteiger partial charge in [-0.15, -0.1) is 0 Å². The number of carbonyl (C=O) groups excluding carboxylic acids is 1. The molecule has 0 spiro atoms. The number of sulfonamides is 1. The molecule has 1 saturated carbocycles. The highest BCUT2D eigenvalue weighted by atomic mass is 35.5. The summed E-state index contributed by atoms with van der Waals surface area (Å²) in [7, 11) is -1.81. The number of piperidine rings is 1. The molecule has 0 bridgehead atoms. The molecule has 242 valence electrons. The van der Waals surface area contributed by atoms with E-state index in [1.54, 1.807) is 7.05 Å². The van der Waals surface area contributed by atoms with Crippen LogP contribution < -0.4 is 0 Å². The quantitative estimate of drug-likeness (QED) is 0.311. The van der Waals surface area contributed by atoms with Crippen LogP contribution in [-0.4, -0.2) is 97.9 Å². The van der Waals surface area contributed by atoms with Crippen molar-refractivity contribution in [2.75, 3.05) is 53.0 Å². The minimum Gasteiger partial charge on any atom is -0.396 e. The van der Waals surface area contributed by atoms with Crippen LogP contribution in [0.5, 0.6) is 0 Å². The monoisotopic (exact) mass is 665 g/mol. The Morgan fingerprint density at radius 3 is 2.36 bits per heavy atom. The van der Waals surface area contributed by atoms with Gasteiger partial charge in [-0.1, -0.05) is 54.4 Å². The predicted molar refractivity (Wildman–Crippen MR) is 175 cm³/mol. The summed E-state index contributed by atoms with van der Waals surface area (Å²) in [4.78, 5) is 19.4. The van der Waals surface area contributed by atoms with E-state index in [0.29, 0.717) is 68.3 Å². The van der Waals surface area contributed by atoms with Crippen LogP contribution in [0.4, 0.5) is 0 Å². The molecule has 2 aromatic carbocycles. The molecule has 0 aromatic heterocycles. The largest absolute Gasteiger partial charge is 0.396 e. The molecule has 1 N–H and O–H groups in total. The topological polar surface area (TPSA) is 90.4 Å². The van der Waals surface area contributed by atoms with Crippen molar-refractivity contribution in [2.45, 2.75) is 68.7 Å². The van der Waals surface area contributed by atoms with Crippen molar-refractivity contribution in [1.82, 2.24) is 14.1 Å². The predicted octanol–water partition coefficient (Wildman–Crippen LogP) is 5.34. The number of carbonyl (C=O) groups is 1. The van der Waals surface area contributed by atoms with Crippen LogP contribution in [0.1, 0.15) is 68.5 Å². The normalized spacial score (nSPS) is 25.9. The van der Waals surface area contributed by atoms with E-state index < -0.39 is 15.4 Å². The molecule has 2 saturated heterocycles. The third-order valence-electron chi connectivity index (χ3n) is 9.78. The zero-order chi connectivity index (χ0) is 31.5. The number of aliphatic hydroxyl groups is 1. The summed E-state index contributed by atoms with van der Waals surface area (Å²) in [5, 5.41) is 11.3. The van der Waals surface area contributed by atoms with E-state index in [9.17, 15) is 13.5 Å². The molecule has 4 atom stereocenters. The minimum atomic E-state index is -3.45. The van der Waals surface area contributed by atoms with Gasteiger partial charge < -0.3 is 14.7 Å². The van der Waals surface area contributed by atoms with Crippen molar-refractivity contribution in [1.29, 1.82) is 0 Å². The Bertz CT molecular complexity index is 1380. The molecule has 44 heavy (non-hydrogen) atoms. The Kier molecular flexibility index (Phi) is 11.0. The number of rotatable bonds is 13. The van der Waals surface area contributed by atoms with Gasteiger partial charge in [0.2, 0.25) is 15.9 Å². The second-order valence-corrected chi connectivity index (χ2v) is 15.8. The van der Waals surface area contributed by atoms with Crippen molar-refractivity contribution in [2.24, 2.45) is 5.41 Å². The Morgan fingerprint density at radius 1 is 1.05 bits per heavy atom. The number of likely N-dealkylation sites (tertiary alicyclic amines) is 1. The van der Waals surface area contributed by atoms with Gasteiger partial charge >= 0.3 is 0 Å². The van der Waals surface area contributed by atoms with Gasteiger partial charge in [-0.05, 0) is 80.5 Å². The van der Waals surface area contributed by atoms with Crippen molar-refractivity contribution in [3.8, 4) is 0 Å². The summed E-state index contributed by atoms with van der Waals surface area (Å²) in [6, 6.07) is 14.7. The molecule has 3 aliphatic rings. The fourth-order valence-electron chi connectivity index (χ4n) is 7.09. The maximum Gasteiger partial charge on any atom is 0.229 e. The van der Waals surface area contributed by atoms with E-state index in [1.165, 1.54) is 4.31 Å². The van der Waals surface area contributed by atoms with Gasteiger partial charge in [0.25, 0.3) is 0 Å². The van der Waals surface area contributed by atoms with Crippen molar-refractivity contribution in [3.63, 3.8) is 0 Å². The number of halogens is 2. The lowest BCUT2D eigenvalue weighted by molar-refractivity contribution is -0.159. The number of nitrogens with zero attached hydrogens (tertiary/aromatic N) is 3. The lowest BCUT2D eigenvalue weighted by Crippen LogP contribution is -2.59. The lowest BCUT2D eigenvalue weighted by atomic mass is 9.64. The van der Waals surface area contributed by atoms with Crippen molar-refractivity contribution in [3.05, 3.63) is 69.7 Å². The first-order valence-electron chi connectivity index (χ1n) is 15.8. The number of amides is 1. The molecule has 0 radical (unpaired) electrons. The van der Waals surface area contributed by atoms with Crippen LogP contribution in [0.2, 0.25) is 10.0 Å². The summed E-state index contributed by atoms with van der Waals surface area (Å²) < 4.78 is 33.6. The van der Waals surface area contributed by atoms with Crippen LogP contribution in [0.25, 0.3) is 0 Å². The minimum absolute atomic E-state index is 0.0258. The van der Waals surface area contributed by atoms with Gasteiger partial charge in [0.05, 0.1) is 29.9 Å². The Labute approximate surface area is 272 Å². The Hall–Kier alpha value is -1.72. The summed E-state index contributed by atoms with van der Waals surface area (Å²) in [6.45, 7) is 5.74. The Balaban J connectivity index is 1.62. The standard InChI is InChI=1S/C33H45Cl2N3O5S/c1-3-28(23-36(2)44(41,42)29-11-12-29)38-31(24-7-9-26(34)10-8-24)30(25-5-4-6-27(35)21-25)22-33(14-18-39,32(38)40)13-15-37-16-19-43-20-17-37/h4-10,21,28-31,39H,3,11-20,22-23H2,1-2H3/t28?,30-,31-,33+/m1/s1. The molecule has 1 amide bonds. The van der Waals surface area contributed by atoms with Gasteiger partial charge in [-0.3, -0.25) is 9.69 Å². The van der Waals surface area contributed by atoms with E-state index >= 15 is 4.79 Å². The average Bonchev–Trinajstić information content (AvgIpc) is 3.88. The SMILES string of the molecule is CCC(CN(C)S(=O)(=O)C1CC1)N1C(=O)[C@](CCO)(CCN2CCOCC2)C[C@H](c2cccc(Cl)c2)[C@H]1c1ccc(Cl)cc1. The number of likely N-dealkylation sites (N-methyl/N-ethyl adjacent to an activating group) is 1. The summed E-state index contributed by atoms with van der Waals surface area (Å²) in [5.74, 6) is -0.176. The molecule has 3 fully saturated rings. The maximum absolute atomic E-state index is 15.1. The van der Waals surface area contributed by atoms with Gasteiger partial charge in [0.1, 0.15) is 0 Å².